The second kappa shape index (κ2) is 11.2. The summed E-state index contributed by atoms with van der Waals surface area (Å²) in [6, 6.07) is 9.01. The number of hydrogen-bond donors (Lipinski definition) is 1. The van der Waals surface area contributed by atoms with Gasteiger partial charge in [-0.2, -0.15) is 10.2 Å². The number of carboxylic acids is 1. The van der Waals surface area contributed by atoms with Crippen LogP contribution in [0.4, 0.5) is 0 Å². The number of amides is 1. The molecule has 1 N–H and O–H groups in total. The average molecular weight is 456 g/mol. The van der Waals surface area contributed by atoms with Crippen molar-refractivity contribution in [2.24, 2.45) is 0 Å². The summed E-state index contributed by atoms with van der Waals surface area (Å²) in [6.45, 7) is 3.78. The van der Waals surface area contributed by atoms with Gasteiger partial charge in [-0.05, 0) is 43.2 Å². The average Bonchev–Trinajstić information content (AvgIpc) is 3.48. The fourth-order valence-electron chi connectivity index (χ4n) is 3.62. The second-order valence-corrected chi connectivity index (χ2v) is 7.39. The maximum atomic E-state index is 13.2. The number of hydrogen-bond acceptors (Lipinski definition) is 6. The Morgan fingerprint density at radius 3 is 2.45 bits per heavy atom. The van der Waals surface area contributed by atoms with E-state index in [9.17, 15) is 14.7 Å². The third kappa shape index (κ3) is 5.91. The monoisotopic (exact) mass is 455 g/mol. The highest BCUT2D eigenvalue weighted by Crippen LogP contribution is 2.27. The van der Waals surface area contributed by atoms with Crippen molar-refractivity contribution in [2.75, 3.05) is 20.8 Å². The number of aromatic nitrogens is 4. The zero-order valence-electron chi connectivity index (χ0n) is 19.1. The minimum Gasteiger partial charge on any atom is -0.493 e. The number of nitrogens with zero attached hydrogens (tertiary/aromatic N) is 5. The van der Waals surface area contributed by atoms with E-state index in [1.54, 1.807) is 25.3 Å². The quantitative estimate of drug-likeness (QED) is 0.446. The number of aryl methyl sites for hydroxylation is 2. The van der Waals surface area contributed by atoms with Crippen LogP contribution in [-0.4, -0.2) is 62.2 Å². The van der Waals surface area contributed by atoms with Crippen LogP contribution in [-0.2, 0) is 30.8 Å². The smallest absolute Gasteiger partial charge is 0.354 e. The molecule has 10 heteroatoms. The van der Waals surface area contributed by atoms with Gasteiger partial charge in [-0.15, -0.1) is 0 Å². The van der Waals surface area contributed by atoms with E-state index < -0.39 is 5.97 Å². The molecule has 2 heterocycles. The SMILES string of the molecule is CCn1nccc1CN(CCc1ccc(OC)c(OC)c1)C(=O)CCn1nccc1C(=O)O. The van der Waals surface area contributed by atoms with Crippen LogP contribution < -0.4 is 9.47 Å². The van der Waals surface area contributed by atoms with Gasteiger partial charge >= 0.3 is 5.97 Å². The van der Waals surface area contributed by atoms with Crippen LogP contribution in [0.3, 0.4) is 0 Å². The van der Waals surface area contributed by atoms with Crippen molar-refractivity contribution < 1.29 is 24.2 Å². The van der Waals surface area contributed by atoms with Gasteiger partial charge < -0.3 is 19.5 Å². The zero-order chi connectivity index (χ0) is 23.8. The topological polar surface area (TPSA) is 112 Å². The van der Waals surface area contributed by atoms with E-state index in [2.05, 4.69) is 10.2 Å². The van der Waals surface area contributed by atoms with Crippen LogP contribution in [0.1, 0.15) is 35.1 Å². The Labute approximate surface area is 192 Å². The molecule has 0 radical (unpaired) electrons. The number of aromatic carboxylic acids is 1. The first-order valence-electron chi connectivity index (χ1n) is 10.7. The van der Waals surface area contributed by atoms with E-state index in [0.29, 0.717) is 37.6 Å². The summed E-state index contributed by atoms with van der Waals surface area (Å²) in [6.07, 6.45) is 3.89. The van der Waals surface area contributed by atoms with Gasteiger partial charge in [0.05, 0.1) is 33.0 Å². The van der Waals surface area contributed by atoms with Crippen molar-refractivity contribution in [2.45, 2.75) is 39.4 Å². The highest BCUT2D eigenvalue weighted by molar-refractivity contribution is 5.85. The van der Waals surface area contributed by atoms with Crippen molar-refractivity contribution >= 4 is 11.9 Å². The molecule has 0 bridgehead atoms. The second-order valence-electron chi connectivity index (χ2n) is 7.39. The highest BCUT2D eigenvalue weighted by atomic mass is 16.5. The number of carboxylic acid groups (broad SMARTS) is 1. The molecule has 0 saturated carbocycles. The molecule has 0 aliphatic rings. The summed E-state index contributed by atoms with van der Waals surface area (Å²) in [7, 11) is 3.17. The summed E-state index contributed by atoms with van der Waals surface area (Å²) in [5, 5.41) is 17.6. The van der Waals surface area contributed by atoms with Crippen LogP contribution in [0, 0.1) is 0 Å². The maximum Gasteiger partial charge on any atom is 0.354 e. The molecule has 1 amide bonds. The number of methoxy groups -OCH3 is 2. The molecule has 0 aliphatic heterocycles. The molecular formula is C23H29N5O5. The van der Waals surface area contributed by atoms with Crippen LogP contribution in [0.2, 0.25) is 0 Å². The largest absolute Gasteiger partial charge is 0.493 e. The zero-order valence-corrected chi connectivity index (χ0v) is 19.1. The van der Waals surface area contributed by atoms with Crippen LogP contribution in [0.5, 0.6) is 11.5 Å². The molecule has 176 valence electrons. The van der Waals surface area contributed by atoms with E-state index in [-0.39, 0.29) is 24.6 Å². The molecule has 10 nitrogen and oxygen atoms in total. The lowest BCUT2D eigenvalue weighted by Gasteiger charge is -2.23. The van der Waals surface area contributed by atoms with Crippen LogP contribution in [0.15, 0.2) is 42.7 Å². The standard InChI is InChI=1S/C23H29N5O5/c1-4-27-18(7-11-24-27)16-26(13-9-17-5-6-20(32-2)21(15-17)33-3)22(29)10-14-28-19(23(30)31)8-12-25-28/h5-8,11-12,15H,4,9-10,13-14,16H2,1-3H3,(H,30,31). The predicted octanol–water partition coefficient (Wildman–Crippen LogP) is 2.48. The van der Waals surface area contributed by atoms with E-state index in [1.807, 2.05) is 35.9 Å². The summed E-state index contributed by atoms with van der Waals surface area (Å²) < 4.78 is 13.9. The molecule has 33 heavy (non-hydrogen) atoms. The molecule has 0 aliphatic carbocycles. The van der Waals surface area contributed by atoms with E-state index in [4.69, 9.17) is 9.47 Å². The predicted molar refractivity (Wildman–Crippen MR) is 120 cm³/mol. The fraction of sp³-hybridized carbons (Fsp3) is 0.391. The van der Waals surface area contributed by atoms with Crippen molar-refractivity contribution in [1.82, 2.24) is 24.5 Å². The first kappa shape index (κ1) is 23.8. The summed E-state index contributed by atoms with van der Waals surface area (Å²) in [5.41, 5.74) is 2.00. The van der Waals surface area contributed by atoms with E-state index in [1.165, 1.54) is 16.9 Å². The van der Waals surface area contributed by atoms with Crippen molar-refractivity contribution in [3.8, 4) is 11.5 Å². The Morgan fingerprint density at radius 1 is 1.03 bits per heavy atom. The Balaban J connectivity index is 1.73. The Kier molecular flexibility index (Phi) is 8.06. The molecule has 2 aromatic heterocycles. The lowest BCUT2D eigenvalue weighted by atomic mass is 10.1. The number of carbonyl (C=O) groups is 2. The molecule has 3 rings (SSSR count). The van der Waals surface area contributed by atoms with Gasteiger partial charge in [0.15, 0.2) is 11.5 Å². The summed E-state index contributed by atoms with van der Waals surface area (Å²) in [5.74, 6) is 0.120. The molecule has 1 aromatic carbocycles. The molecule has 0 spiro atoms. The molecule has 3 aromatic rings. The van der Waals surface area contributed by atoms with Crippen LogP contribution >= 0.6 is 0 Å². The minimum absolute atomic E-state index is 0.0590. The van der Waals surface area contributed by atoms with Crippen molar-refractivity contribution in [3.05, 3.63) is 59.7 Å². The number of rotatable bonds is 12. The molecule has 0 fully saturated rings. The van der Waals surface area contributed by atoms with Crippen molar-refractivity contribution in [3.63, 3.8) is 0 Å². The van der Waals surface area contributed by atoms with Gasteiger partial charge in [-0.25, -0.2) is 4.79 Å². The Bertz CT molecular complexity index is 1090. The minimum atomic E-state index is -1.07. The maximum absolute atomic E-state index is 13.2. The third-order valence-corrected chi connectivity index (χ3v) is 5.40. The molecule has 0 atom stereocenters. The lowest BCUT2D eigenvalue weighted by molar-refractivity contribution is -0.132. The van der Waals surface area contributed by atoms with E-state index in [0.717, 1.165) is 11.3 Å². The Hall–Kier alpha value is -3.82. The summed E-state index contributed by atoms with van der Waals surface area (Å²) >= 11 is 0. The van der Waals surface area contributed by atoms with Crippen LogP contribution in [0.25, 0.3) is 0 Å². The van der Waals surface area contributed by atoms with Gasteiger partial charge in [0.1, 0.15) is 5.69 Å². The highest BCUT2D eigenvalue weighted by Gasteiger charge is 2.18. The van der Waals surface area contributed by atoms with Gasteiger partial charge in [0.2, 0.25) is 5.91 Å². The number of carbonyl (C=O) groups excluding carboxylic acids is 1. The molecule has 0 unspecified atom stereocenters. The Morgan fingerprint density at radius 2 is 1.76 bits per heavy atom. The first-order chi connectivity index (χ1) is 16.0. The van der Waals surface area contributed by atoms with Gasteiger partial charge in [0.25, 0.3) is 0 Å². The first-order valence-corrected chi connectivity index (χ1v) is 10.7. The fourth-order valence-corrected chi connectivity index (χ4v) is 3.62. The number of benzene rings is 1. The van der Waals surface area contributed by atoms with Gasteiger partial charge in [-0.1, -0.05) is 6.07 Å². The normalized spacial score (nSPS) is 10.8. The number of ether oxygens (including phenoxy) is 2. The third-order valence-electron chi connectivity index (χ3n) is 5.40. The molecular weight excluding hydrogens is 426 g/mol. The van der Waals surface area contributed by atoms with Crippen molar-refractivity contribution in [1.29, 1.82) is 0 Å². The van der Waals surface area contributed by atoms with E-state index >= 15 is 0 Å². The lowest BCUT2D eigenvalue weighted by Crippen LogP contribution is -2.34. The van der Waals surface area contributed by atoms with Gasteiger partial charge in [-0.3, -0.25) is 14.2 Å². The summed E-state index contributed by atoms with van der Waals surface area (Å²) in [4.78, 5) is 26.2. The van der Waals surface area contributed by atoms with Gasteiger partial charge in [0, 0.05) is 31.9 Å². The molecule has 0 saturated heterocycles.